The van der Waals surface area contributed by atoms with Crippen molar-refractivity contribution in [3.8, 4) is 0 Å². The molecule has 0 aliphatic rings. The van der Waals surface area contributed by atoms with E-state index in [9.17, 15) is 18.4 Å². The summed E-state index contributed by atoms with van der Waals surface area (Å²) in [6.45, 7) is 0.272. The van der Waals surface area contributed by atoms with E-state index in [4.69, 9.17) is 0 Å². The van der Waals surface area contributed by atoms with Gasteiger partial charge in [-0.05, 0) is 63.5 Å². The summed E-state index contributed by atoms with van der Waals surface area (Å²) in [7, 11) is 0. The highest BCUT2D eigenvalue weighted by molar-refractivity contribution is 9.10. The average molecular weight is 484 g/mol. The number of nitrogens with zero attached hydrogens (tertiary/aromatic N) is 2. The van der Waals surface area contributed by atoms with Crippen LogP contribution in [0.5, 0.6) is 0 Å². The first-order valence-corrected chi connectivity index (χ1v) is 10.2. The van der Waals surface area contributed by atoms with Crippen LogP contribution in [-0.2, 0) is 13.1 Å². The standard InChI is InChI=1S/C23H16BrF2N3O2/c24-17-9-16-10-20(22(30)28-11-14-1-5-18(25)6-2-14)23(31)29(21(16)27-12-17)13-15-3-7-19(26)8-4-15/h1-10,12H,11,13H2,(H,28,30). The third-order valence-electron chi connectivity index (χ3n) is 4.76. The summed E-state index contributed by atoms with van der Waals surface area (Å²) in [5.41, 5.74) is 1.25. The molecule has 31 heavy (non-hydrogen) atoms. The highest BCUT2D eigenvalue weighted by Crippen LogP contribution is 2.18. The number of aromatic nitrogens is 2. The lowest BCUT2D eigenvalue weighted by Gasteiger charge is -2.13. The highest BCUT2D eigenvalue weighted by Gasteiger charge is 2.17. The Kier molecular flexibility index (Phi) is 5.90. The second-order valence-electron chi connectivity index (χ2n) is 6.95. The fourth-order valence-corrected chi connectivity index (χ4v) is 3.55. The molecule has 2 aromatic carbocycles. The Morgan fingerprint density at radius 2 is 1.58 bits per heavy atom. The zero-order chi connectivity index (χ0) is 22.0. The second kappa shape index (κ2) is 8.77. The van der Waals surface area contributed by atoms with Gasteiger partial charge in [0.05, 0.1) is 6.54 Å². The number of rotatable bonds is 5. The van der Waals surface area contributed by atoms with Gasteiger partial charge < -0.3 is 5.32 Å². The maximum Gasteiger partial charge on any atom is 0.265 e. The van der Waals surface area contributed by atoms with E-state index < -0.39 is 11.5 Å². The second-order valence-corrected chi connectivity index (χ2v) is 7.87. The Labute approximate surface area is 184 Å². The molecule has 0 aliphatic carbocycles. The molecule has 2 heterocycles. The number of benzene rings is 2. The van der Waals surface area contributed by atoms with Crippen LogP contribution in [0, 0.1) is 11.6 Å². The van der Waals surface area contributed by atoms with E-state index in [0.29, 0.717) is 26.6 Å². The summed E-state index contributed by atoms with van der Waals surface area (Å²) >= 11 is 3.36. The molecule has 4 rings (SSSR count). The minimum atomic E-state index is -0.552. The van der Waals surface area contributed by atoms with Gasteiger partial charge in [0.15, 0.2) is 0 Å². The van der Waals surface area contributed by atoms with Gasteiger partial charge in [0.25, 0.3) is 11.5 Å². The van der Waals surface area contributed by atoms with Crippen molar-refractivity contribution in [1.29, 1.82) is 0 Å². The van der Waals surface area contributed by atoms with E-state index in [2.05, 4.69) is 26.2 Å². The van der Waals surface area contributed by atoms with Crippen LogP contribution >= 0.6 is 15.9 Å². The fourth-order valence-electron chi connectivity index (χ4n) is 3.20. The zero-order valence-corrected chi connectivity index (χ0v) is 17.7. The summed E-state index contributed by atoms with van der Waals surface area (Å²) in [6, 6.07) is 14.8. The minimum absolute atomic E-state index is 0.0448. The van der Waals surface area contributed by atoms with Gasteiger partial charge in [-0.15, -0.1) is 0 Å². The number of pyridine rings is 2. The molecule has 0 unspecified atom stereocenters. The number of nitrogens with one attached hydrogen (secondary N) is 1. The van der Waals surface area contributed by atoms with Gasteiger partial charge in [0.2, 0.25) is 0 Å². The molecule has 8 heteroatoms. The molecule has 0 fully saturated rings. The van der Waals surface area contributed by atoms with Crippen LogP contribution in [0.4, 0.5) is 8.78 Å². The smallest absolute Gasteiger partial charge is 0.265 e. The third kappa shape index (κ3) is 4.69. The molecule has 0 atom stereocenters. The van der Waals surface area contributed by atoms with Crippen molar-refractivity contribution < 1.29 is 13.6 Å². The summed E-state index contributed by atoms with van der Waals surface area (Å²) in [6.07, 6.45) is 1.57. The van der Waals surface area contributed by atoms with Crippen LogP contribution in [0.2, 0.25) is 0 Å². The number of fused-ring (bicyclic) bond motifs is 1. The first-order valence-electron chi connectivity index (χ1n) is 9.37. The van der Waals surface area contributed by atoms with Crippen LogP contribution in [-0.4, -0.2) is 15.5 Å². The fraction of sp³-hybridized carbons (Fsp3) is 0.0870. The van der Waals surface area contributed by atoms with Gasteiger partial charge in [0.1, 0.15) is 22.8 Å². The molecular weight excluding hydrogens is 468 g/mol. The van der Waals surface area contributed by atoms with E-state index in [-0.39, 0.29) is 30.3 Å². The third-order valence-corrected chi connectivity index (χ3v) is 5.19. The Balaban J connectivity index is 1.71. The molecule has 0 saturated heterocycles. The Hall–Kier alpha value is -3.39. The van der Waals surface area contributed by atoms with Gasteiger partial charge in [-0.1, -0.05) is 24.3 Å². The van der Waals surface area contributed by atoms with Gasteiger partial charge in [-0.3, -0.25) is 14.2 Å². The van der Waals surface area contributed by atoms with Crippen molar-refractivity contribution in [1.82, 2.24) is 14.9 Å². The van der Waals surface area contributed by atoms with Crippen LogP contribution in [0.1, 0.15) is 21.5 Å². The number of halogens is 3. The molecular formula is C23H16BrF2N3O2. The van der Waals surface area contributed by atoms with Gasteiger partial charge in [-0.25, -0.2) is 13.8 Å². The summed E-state index contributed by atoms with van der Waals surface area (Å²) in [5.74, 6) is -1.30. The topological polar surface area (TPSA) is 64.0 Å². The molecule has 5 nitrogen and oxygen atoms in total. The molecule has 1 amide bonds. The lowest BCUT2D eigenvalue weighted by molar-refractivity contribution is 0.0949. The molecule has 0 saturated carbocycles. The molecule has 0 aliphatic heterocycles. The minimum Gasteiger partial charge on any atom is -0.348 e. The van der Waals surface area contributed by atoms with E-state index in [1.807, 2.05) is 0 Å². The lowest BCUT2D eigenvalue weighted by atomic mass is 10.1. The highest BCUT2D eigenvalue weighted by atomic mass is 79.9. The van der Waals surface area contributed by atoms with Gasteiger partial charge in [0, 0.05) is 22.6 Å². The number of amides is 1. The SMILES string of the molecule is O=C(NCc1ccc(F)cc1)c1cc2cc(Br)cnc2n(Cc2ccc(F)cc2)c1=O. The number of hydrogen-bond acceptors (Lipinski definition) is 3. The number of carbonyl (C=O) groups is 1. The molecule has 0 spiro atoms. The van der Waals surface area contributed by atoms with E-state index in [1.165, 1.54) is 34.9 Å². The van der Waals surface area contributed by atoms with Crippen LogP contribution in [0.25, 0.3) is 11.0 Å². The number of carbonyl (C=O) groups excluding carboxylic acids is 1. The molecule has 0 bridgehead atoms. The van der Waals surface area contributed by atoms with Crippen molar-refractivity contribution in [2.75, 3.05) is 0 Å². The van der Waals surface area contributed by atoms with Crippen LogP contribution in [0.3, 0.4) is 0 Å². The molecule has 0 radical (unpaired) electrons. The van der Waals surface area contributed by atoms with E-state index in [1.54, 1.807) is 36.5 Å². The largest absolute Gasteiger partial charge is 0.348 e. The molecule has 4 aromatic rings. The monoisotopic (exact) mass is 483 g/mol. The van der Waals surface area contributed by atoms with E-state index in [0.717, 1.165) is 0 Å². The van der Waals surface area contributed by atoms with Crippen molar-refractivity contribution in [2.45, 2.75) is 13.1 Å². The molecule has 156 valence electrons. The van der Waals surface area contributed by atoms with Crippen molar-refractivity contribution in [3.05, 3.63) is 110 Å². The van der Waals surface area contributed by atoms with Crippen molar-refractivity contribution >= 4 is 32.9 Å². The van der Waals surface area contributed by atoms with Crippen molar-refractivity contribution in [3.63, 3.8) is 0 Å². The van der Waals surface area contributed by atoms with Crippen molar-refractivity contribution in [2.24, 2.45) is 0 Å². The number of hydrogen-bond donors (Lipinski definition) is 1. The van der Waals surface area contributed by atoms with Gasteiger partial charge >= 0.3 is 0 Å². The maximum absolute atomic E-state index is 13.3. The molecule has 1 N–H and O–H groups in total. The van der Waals surface area contributed by atoms with Crippen LogP contribution < -0.4 is 10.9 Å². The van der Waals surface area contributed by atoms with Crippen LogP contribution in [0.15, 0.2) is 76.1 Å². The predicted molar refractivity (Wildman–Crippen MR) is 117 cm³/mol. The van der Waals surface area contributed by atoms with Gasteiger partial charge in [-0.2, -0.15) is 0 Å². The lowest BCUT2D eigenvalue weighted by Crippen LogP contribution is -2.33. The Morgan fingerprint density at radius 1 is 0.968 bits per heavy atom. The average Bonchev–Trinajstić information content (AvgIpc) is 2.76. The van der Waals surface area contributed by atoms with E-state index >= 15 is 0 Å². The predicted octanol–water partition coefficient (Wildman–Crippen LogP) is 4.42. The summed E-state index contributed by atoms with van der Waals surface area (Å²) < 4.78 is 28.4. The summed E-state index contributed by atoms with van der Waals surface area (Å²) in [4.78, 5) is 30.3. The Morgan fingerprint density at radius 3 is 2.23 bits per heavy atom. The normalized spacial score (nSPS) is 10.9. The quantitative estimate of drug-likeness (QED) is 0.457. The zero-order valence-electron chi connectivity index (χ0n) is 16.1. The Bertz CT molecular complexity index is 1320. The first-order chi connectivity index (χ1) is 14.9. The summed E-state index contributed by atoms with van der Waals surface area (Å²) in [5, 5.41) is 3.30. The maximum atomic E-state index is 13.3. The first kappa shape index (κ1) is 20.9. The molecule has 2 aromatic heterocycles.